The fourth-order valence-electron chi connectivity index (χ4n) is 2.80. The fraction of sp³-hybridized carbons (Fsp3) is 0.455. The van der Waals surface area contributed by atoms with E-state index in [1.807, 2.05) is 27.7 Å². The lowest BCUT2D eigenvalue weighted by Crippen LogP contribution is -2.49. The lowest BCUT2D eigenvalue weighted by atomic mass is 10.0. The zero-order valence-electron chi connectivity index (χ0n) is 18.8. The van der Waals surface area contributed by atoms with Gasteiger partial charge in [-0.15, -0.1) is 0 Å². The van der Waals surface area contributed by atoms with Crippen molar-refractivity contribution < 1.29 is 23.8 Å². The number of benzene rings is 1. The zero-order valence-corrected chi connectivity index (χ0v) is 18.8. The first kappa shape index (κ1) is 23.9. The minimum atomic E-state index is -0.670. The van der Waals surface area contributed by atoms with E-state index in [2.05, 4.69) is 20.6 Å². The van der Waals surface area contributed by atoms with Crippen LogP contribution in [0.1, 0.15) is 44.5 Å². The lowest BCUT2D eigenvalue weighted by Gasteiger charge is -2.22. The smallest absolute Gasteiger partial charge is 0.328 e. The molecule has 0 unspecified atom stereocenters. The van der Waals surface area contributed by atoms with Gasteiger partial charge in [0.25, 0.3) is 5.91 Å². The first-order valence-electron chi connectivity index (χ1n) is 10.1. The summed E-state index contributed by atoms with van der Waals surface area (Å²) >= 11 is 0. The predicted molar refractivity (Wildman–Crippen MR) is 116 cm³/mol. The number of hydrogen-bond donors (Lipinski definition) is 2. The molecule has 0 radical (unpaired) electrons. The molecular weight excluding hydrogens is 400 g/mol. The number of aromatic nitrogens is 2. The van der Waals surface area contributed by atoms with Crippen molar-refractivity contribution in [3.05, 3.63) is 35.9 Å². The van der Waals surface area contributed by atoms with Gasteiger partial charge in [0, 0.05) is 6.04 Å². The summed E-state index contributed by atoms with van der Waals surface area (Å²) in [6.07, 6.45) is 0.503. The molecule has 0 aliphatic carbocycles. The highest BCUT2D eigenvalue weighted by molar-refractivity contribution is 5.99. The molecule has 2 aromatic rings. The summed E-state index contributed by atoms with van der Waals surface area (Å²) in [5, 5.41) is 5.67. The van der Waals surface area contributed by atoms with Crippen LogP contribution in [-0.4, -0.2) is 48.1 Å². The first-order valence-corrected chi connectivity index (χ1v) is 10.1. The molecule has 0 bridgehead atoms. The number of rotatable bonds is 10. The fourth-order valence-corrected chi connectivity index (χ4v) is 2.80. The van der Waals surface area contributed by atoms with E-state index in [9.17, 15) is 9.59 Å². The van der Waals surface area contributed by atoms with Gasteiger partial charge in [0.05, 0.1) is 25.8 Å². The van der Waals surface area contributed by atoms with Gasteiger partial charge in [-0.1, -0.05) is 26.0 Å². The lowest BCUT2D eigenvalue weighted by molar-refractivity contribution is -0.123. The van der Waals surface area contributed by atoms with E-state index in [1.54, 1.807) is 24.3 Å². The minimum absolute atomic E-state index is 0.0325. The Morgan fingerprint density at radius 2 is 1.58 bits per heavy atom. The number of carbonyl (C=O) groups is 2. The van der Waals surface area contributed by atoms with Crippen LogP contribution in [0.4, 0.5) is 0 Å². The summed E-state index contributed by atoms with van der Waals surface area (Å²) in [6, 6.07) is 7.43. The van der Waals surface area contributed by atoms with E-state index in [1.165, 1.54) is 20.3 Å². The number of nitrogens with one attached hydrogen (secondary N) is 2. The van der Waals surface area contributed by atoms with Crippen LogP contribution in [0.15, 0.2) is 30.3 Å². The van der Waals surface area contributed by atoms with Gasteiger partial charge in [-0.2, -0.15) is 9.97 Å². The summed E-state index contributed by atoms with van der Waals surface area (Å²) in [5.41, 5.74) is 0.249. The molecule has 0 fully saturated rings. The Balaban J connectivity index is 2.27. The second-order valence-corrected chi connectivity index (χ2v) is 7.65. The molecule has 2 amide bonds. The first-order chi connectivity index (χ1) is 14.7. The zero-order chi connectivity index (χ0) is 23.0. The summed E-state index contributed by atoms with van der Waals surface area (Å²) < 4.78 is 16.0. The quantitative estimate of drug-likeness (QED) is 0.596. The number of methoxy groups -OCH3 is 2. The predicted octanol–water partition coefficient (Wildman–Crippen LogP) is 2.96. The van der Waals surface area contributed by atoms with Crippen LogP contribution in [0, 0.1) is 5.92 Å². The molecular formula is C22H30N4O5. The van der Waals surface area contributed by atoms with Crippen molar-refractivity contribution in [2.75, 3.05) is 14.2 Å². The van der Waals surface area contributed by atoms with Gasteiger partial charge >= 0.3 is 6.01 Å². The molecule has 1 aromatic carbocycles. The largest absolute Gasteiger partial charge is 0.481 e. The third-order valence-corrected chi connectivity index (χ3v) is 4.17. The van der Waals surface area contributed by atoms with E-state index in [4.69, 9.17) is 14.2 Å². The maximum atomic E-state index is 13.0. The summed E-state index contributed by atoms with van der Waals surface area (Å²) in [6.45, 7) is 7.73. The highest BCUT2D eigenvalue weighted by atomic mass is 16.5. The normalized spacial score (nSPS) is 11.7. The van der Waals surface area contributed by atoms with Gasteiger partial charge in [0.2, 0.25) is 17.7 Å². The molecule has 0 spiro atoms. The summed E-state index contributed by atoms with van der Waals surface area (Å²) in [7, 11) is 2.92. The molecule has 1 atom stereocenters. The van der Waals surface area contributed by atoms with Crippen LogP contribution in [0.2, 0.25) is 0 Å². The Morgan fingerprint density at radius 1 is 0.968 bits per heavy atom. The van der Waals surface area contributed by atoms with Crippen molar-refractivity contribution in [1.82, 2.24) is 20.6 Å². The number of hydrogen-bond acceptors (Lipinski definition) is 7. The van der Waals surface area contributed by atoms with Crippen LogP contribution >= 0.6 is 0 Å². The second kappa shape index (κ2) is 11.1. The van der Waals surface area contributed by atoms with Gasteiger partial charge in [0.1, 0.15) is 11.8 Å². The molecule has 9 nitrogen and oxygen atoms in total. The number of para-hydroxylation sites is 1. The average molecular weight is 431 g/mol. The number of nitrogens with zero attached hydrogens (tertiary/aromatic N) is 2. The molecule has 0 saturated carbocycles. The Kier molecular flexibility index (Phi) is 8.60. The van der Waals surface area contributed by atoms with Gasteiger partial charge in [-0.3, -0.25) is 9.59 Å². The Bertz CT molecular complexity index is 879. The van der Waals surface area contributed by atoms with Crippen LogP contribution in [0.25, 0.3) is 0 Å². The van der Waals surface area contributed by atoms with E-state index in [0.29, 0.717) is 6.42 Å². The van der Waals surface area contributed by atoms with Crippen LogP contribution in [-0.2, 0) is 4.79 Å². The summed E-state index contributed by atoms with van der Waals surface area (Å²) in [4.78, 5) is 33.8. The number of amides is 2. The Hall–Kier alpha value is -3.36. The monoisotopic (exact) mass is 430 g/mol. The van der Waals surface area contributed by atoms with Gasteiger partial charge in [-0.25, -0.2) is 0 Å². The molecule has 0 saturated heterocycles. The minimum Gasteiger partial charge on any atom is -0.481 e. The van der Waals surface area contributed by atoms with E-state index in [0.717, 1.165) is 0 Å². The van der Waals surface area contributed by atoms with Crippen molar-refractivity contribution in [2.24, 2.45) is 5.92 Å². The number of carbonyl (C=O) groups excluding carboxylic acids is 2. The highest BCUT2D eigenvalue weighted by Gasteiger charge is 2.24. The third kappa shape index (κ3) is 7.13. The maximum absolute atomic E-state index is 13.0. The summed E-state index contributed by atoms with van der Waals surface area (Å²) in [5.74, 6) is 0.304. The van der Waals surface area contributed by atoms with Crippen molar-refractivity contribution in [2.45, 2.75) is 46.2 Å². The van der Waals surface area contributed by atoms with Crippen LogP contribution < -0.4 is 24.8 Å². The average Bonchev–Trinajstić information content (AvgIpc) is 2.72. The second-order valence-electron chi connectivity index (χ2n) is 7.65. The Morgan fingerprint density at radius 3 is 2.13 bits per heavy atom. The van der Waals surface area contributed by atoms with Gasteiger partial charge in [-0.05, 0) is 38.3 Å². The topological polar surface area (TPSA) is 112 Å². The Labute approximate surface area is 182 Å². The molecule has 9 heteroatoms. The molecule has 1 aromatic heterocycles. The molecule has 2 rings (SSSR count). The highest BCUT2D eigenvalue weighted by Crippen LogP contribution is 2.26. The molecule has 2 N–H and O–H groups in total. The van der Waals surface area contributed by atoms with Gasteiger partial charge in [0.15, 0.2) is 0 Å². The van der Waals surface area contributed by atoms with Crippen molar-refractivity contribution in [3.8, 4) is 23.5 Å². The third-order valence-electron chi connectivity index (χ3n) is 4.17. The molecule has 0 aliphatic rings. The molecule has 168 valence electrons. The van der Waals surface area contributed by atoms with E-state index < -0.39 is 11.9 Å². The molecule has 31 heavy (non-hydrogen) atoms. The van der Waals surface area contributed by atoms with Crippen molar-refractivity contribution in [1.29, 1.82) is 0 Å². The molecule has 1 heterocycles. The maximum Gasteiger partial charge on any atom is 0.328 e. The SMILES string of the molecule is COc1cc(OC)nc(Oc2ccccc2C(=O)N[C@@H](CC(C)C)C(=O)NC(C)C)n1. The molecule has 0 aliphatic heterocycles. The van der Waals surface area contributed by atoms with Crippen molar-refractivity contribution >= 4 is 11.8 Å². The number of ether oxygens (including phenoxy) is 3. The van der Waals surface area contributed by atoms with E-state index >= 15 is 0 Å². The van der Waals surface area contributed by atoms with Crippen LogP contribution in [0.5, 0.6) is 23.5 Å². The van der Waals surface area contributed by atoms with Gasteiger partial charge < -0.3 is 24.8 Å². The van der Waals surface area contributed by atoms with Crippen LogP contribution in [0.3, 0.4) is 0 Å². The van der Waals surface area contributed by atoms with E-state index in [-0.39, 0.29) is 47.0 Å². The standard InChI is InChI=1S/C22H30N4O5/c1-13(2)11-16(21(28)23-14(3)4)24-20(27)15-9-7-8-10-17(15)31-22-25-18(29-5)12-19(26-22)30-6/h7-10,12-14,16H,11H2,1-6H3,(H,23,28)(H,24,27)/t16-/m0/s1. The van der Waals surface area contributed by atoms with Crippen molar-refractivity contribution in [3.63, 3.8) is 0 Å².